The molecule has 1 fully saturated rings. The Bertz CT molecular complexity index is 642. The van der Waals surface area contributed by atoms with E-state index in [2.05, 4.69) is 26.6 Å². The Kier molecular flexibility index (Phi) is 3.56. The van der Waals surface area contributed by atoms with Gasteiger partial charge in [0.2, 0.25) is 5.13 Å². The van der Waals surface area contributed by atoms with Gasteiger partial charge in [0.05, 0.1) is 5.69 Å². The third kappa shape index (κ3) is 2.60. The maximum absolute atomic E-state index is 11.3. The van der Waals surface area contributed by atoms with Crippen molar-refractivity contribution in [1.29, 1.82) is 0 Å². The Morgan fingerprint density at radius 2 is 2.00 bits per heavy atom. The van der Waals surface area contributed by atoms with E-state index >= 15 is 0 Å². The molecule has 3 rings (SSSR count). The van der Waals surface area contributed by atoms with E-state index in [-0.39, 0.29) is 0 Å². The molecule has 2 aromatic rings. The zero-order chi connectivity index (χ0) is 13.9. The molecule has 1 aliphatic rings. The molecule has 2 aromatic heterocycles. The Morgan fingerprint density at radius 3 is 2.70 bits per heavy atom. The highest BCUT2D eigenvalue weighted by Gasteiger charge is 2.17. The van der Waals surface area contributed by atoms with Crippen LogP contribution in [0.3, 0.4) is 0 Å². The van der Waals surface area contributed by atoms with E-state index in [0.717, 1.165) is 30.3 Å². The first kappa shape index (κ1) is 12.9. The largest absolute Gasteiger partial charge is 0.356 e. The quantitative estimate of drug-likeness (QED) is 0.814. The molecule has 6 heteroatoms. The number of ketones is 1. The van der Waals surface area contributed by atoms with E-state index in [4.69, 9.17) is 0 Å². The summed E-state index contributed by atoms with van der Waals surface area (Å²) in [5.41, 5.74) is 1.64. The highest BCUT2D eigenvalue weighted by Crippen LogP contribution is 2.26. The summed E-state index contributed by atoms with van der Waals surface area (Å²) in [6.07, 6.45) is 1.21. The molecule has 0 aromatic carbocycles. The van der Waals surface area contributed by atoms with Gasteiger partial charge in [0.25, 0.3) is 0 Å². The van der Waals surface area contributed by atoms with Crippen LogP contribution in [0.5, 0.6) is 0 Å². The predicted octanol–water partition coefficient (Wildman–Crippen LogP) is 2.71. The SMILES string of the molecule is C=Nc1nc(-c2cccc(N3CCC(=O)CC3)n2)cs1. The lowest BCUT2D eigenvalue weighted by Gasteiger charge is -2.27. The fraction of sp³-hybridized carbons (Fsp3) is 0.286. The van der Waals surface area contributed by atoms with Crippen molar-refractivity contribution in [2.45, 2.75) is 12.8 Å². The van der Waals surface area contributed by atoms with Crippen molar-refractivity contribution in [3.63, 3.8) is 0 Å². The summed E-state index contributed by atoms with van der Waals surface area (Å²) >= 11 is 1.45. The minimum absolute atomic E-state index is 0.332. The van der Waals surface area contributed by atoms with Gasteiger partial charge in [-0.3, -0.25) is 4.79 Å². The van der Waals surface area contributed by atoms with Gasteiger partial charge in [-0.05, 0) is 18.9 Å². The number of aliphatic imine (C=N–C) groups is 1. The standard InChI is InChI=1S/C14H14N4OS/c1-15-14-17-12(9-20-14)11-3-2-4-13(16-11)18-7-5-10(19)6-8-18/h2-4,9H,1,5-8H2. The minimum Gasteiger partial charge on any atom is -0.356 e. The van der Waals surface area contributed by atoms with Crippen molar-refractivity contribution < 1.29 is 4.79 Å². The molecule has 0 N–H and O–H groups in total. The van der Waals surface area contributed by atoms with Crippen molar-refractivity contribution in [3.05, 3.63) is 23.6 Å². The monoisotopic (exact) mass is 286 g/mol. The topological polar surface area (TPSA) is 58.5 Å². The number of Topliss-reactive ketones (excluding diaryl/α,β-unsaturated/α-hetero) is 1. The number of carbonyl (C=O) groups excluding carboxylic acids is 1. The number of rotatable bonds is 3. The molecule has 0 aliphatic carbocycles. The van der Waals surface area contributed by atoms with Gasteiger partial charge in [0.1, 0.15) is 17.3 Å². The van der Waals surface area contributed by atoms with Crippen LogP contribution in [0.15, 0.2) is 28.6 Å². The Hall–Kier alpha value is -2.08. The summed E-state index contributed by atoms with van der Waals surface area (Å²) < 4.78 is 0. The highest BCUT2D eigenvalue weighted by atomic mass is 32.1. The number of piperidine rings is 1. The zero-order valence-corrected chi connectivity index (χ0v) is 11.8. The molecule has 5 nitrogen and oxygen atoms in total. The highest BCUT2D eigenvalue weighted by molar-refractivity contribution is 7.13. The molecule has 1 aliphatic heterocycles. The van der Waals surface area contributed by atoms with Crippen molar-refractivity contribution in [2.24, 2.45) is 4.99 Å². The van der Waals surface area contributed by atoms with Crippen LogP contribution < -0.4 is 4.90 Å². The van der Waals surface area contributed by atoms with Gasteiger partial charge in [0, 0.05) is 31.3 Å². The summed E-state index contributed by atoms with van der Waals surface area (Å²) in [6.45, 7) is 4.96. The van der Waals surface area contributed by atoms with Crippen molar-refractivity contribution in [2.75, 3.05) is 18.0 Å². The Morgan fingerprint density at radius 1 is 1.20 bits per heavy atom. The van der Waals surface area contributed by atoms with Crippen LogP contribution in [-0.2, 0) is 4.79 Å². The van der Waals surface area contributed by atoms with E-state index < -0.39 is 0 Å². The fourth-order valence-corrected chi connectivity index (χ4v) is 2.80. The molecule has 0 amide bonds. The first-order valence-electron chi connectivity index (χ1n) is 6.42. The second-order valence-corrected chi connectivity index (χ2v) is 5.42. The molecule has 1 saturated heterocycles. The zero-order valence-electron chi connectivity index (χ0n) is 11.0. The second-order valence-electron chi connectivity index (χ2n) is 4.58. The fourth-order valence-electron chi connectivity index (χ4n) is 2.18. The molecule has 0 saturated carbocycles. The van der Waals surface area contributed by atoms with E-state index in [1.54, 1.807) is 0 Å². The molecule has 102 valence electrons. The molecule has 0 spiro atoms. The van der Waals surface area contributed by atoms with Crippen LogP contribution in [0, 0.1) is 0 Å². The number of anilines is 1. The molecule has 0 unspecified atom stereocenters. The third-order valence-corrected chi connectivity index (χ3v) is 4.04. The number of aromatic nitrogens is 2. The smallest absolute Gasteiger partial charge is 0.209 e. The summed E-state index contributed by atoms with van der Waals surface area (Å²) in [7, 11) is 0. The van der Waals surface area contributed by atoms with E-state index in [9.17, 15) is 4.79 Å². The normalized spacial score (nSPS) is 15.4. The van der Waals surface area contributed by atoms with Crippen LogP contribution in [0.2, 0.25) is 0 Å². The molecule has 0 atom stereocenters. The van der Waals surface area contributed by atoms with Gasteiger partial charge < -0.3 is 4.90 Å². The average Bonchev–Trinajstić information content (AvgIpc) is 2.97. The average molecular weight is 286 g/mol. The van der Waals surface area contributed by atoms with Crippen molar-refractivity contribution >= 4 is 34.8 Å². The number of pyridine rings is 1. The van der Waals surface area contributed by atoms with Crippen LogP contribution in [0.4, 0.5) is 10.9 Å². The van der Waals surface area contributed by atoms with Crippen LogP contribution in [-0.4, -0.2) is 35.6 Å². The maximum atomic E-state index is 11.3. The van der Waals surface area contributed by atoms with Gasteiger partial charge in [-0.1, -0.05) is 6.07 Å². The van der Waals surface area contributed by atoms with Crippen LogP contribution in [0.25, 0.3) is 11.4 Å². The summed E-state index contributed by atoms with van der Waals surface area (Å²) in [4.78, 5) is 26.2. The van der Waals surface area contributed by atoms with E-state index in [0.29, 0.717) is 23.8 Å². The number of hydrogen-bond acceptors (Lipinski definition) is 6. The van der Waals surface area contributed by atoms with Gasteiger partial charge in [-0.25, -0.2) is 15.0 Å². The van der Waals surface area contributed by atoms with Crippen LogP contribution in [0.1, 0.15) is 12.8 Å². The first-order valence-corrected chi connectivity index (χ1v) is 7.30. The van der Waals surface area contributed by atoms with Gasteiger partial charge in [-0.2, -0.15) is 0 Å². The lowest BCUT2D eigenvalue weighted by Crippen LogP contribution is -2.34. The third-order valence-electron chi connectivity index (χ3n) is 3.27. The lowest BCUT2D eigenvalue weighted by molar-refractivity contribution is -0.119. The van der Waals surface area contributed by atoms with Gasteiger partial charge >= 0.3 is 0 Å². The van der Waals surface area contributed by atoms with Gasteiger partial charge in [-0.15, -0.1) is 11.3 Å². The number of hydrogen-bond donors (Lipinski definition) is 0. The molecule has 0 radical (unpaired) electrons. The van der Waals surface area contributed by atoms with E-state index in [1.165, 1.54) is 11.3 Å². The van der Waals surface area contributed by atoms with Crippen molar-refractivity contribution in [1.82, 2.24) is 9.97 Å². The first-order chi connectivity index (χ1) is 9.76. The summed E-state index contributed by atoms with van der Waals surface area (Å²) in [5.74, 6) is 1.23. The van der Waals surface area contributed by atoms with Gasteiger partial charge in [0.15, 0.2) is 0 Å². The lowest BCUT2D eigenvalue weighted by atomic mass is 10.1. The van der Waals surface area contributed by atoms with Crippen LogP contribution >= 0.6 is 11.3 Å². The second kappa shape index (κ2) is 5.50. The van der Waals surface area contributed by atoms with Crippen molar-refractivity contribution in [3.8, 4) is 11.4 Å². The predicted molar refractivity (Wildman–Crippen MR) is 81.0 cm³/mol. The summed E-state index contributed by atoms with van der Waals surface area (Å²) in [6, 6.07) is 5.87. The number of thiazole rings is 1. The Labute approximate surface area is 121 Å². The molecule has 20 heavy (non-hydrogen) atoms. The minimum atomic E-state index is 0.332. The molecular weight excluding hydrogens is 272 g/mol. The summed E-state index contributed by atoms with van der Waals surface area (Å²) in [5, 5.41) is 2.58. The maximum Gasteiger partial charge on any atom is 0.209 e. The van der Waals surface area contributed by atoms with E-state index in [1.807, 2.05) is 23.6 Å². The Balaban J connectivity index is 1.85. The molecule has 3 heterocycles. The number of nitrogens with zero attached hydrogens (tertiary/aromatic N) is 4. The molecular formula is C14H14N4OS. The number of carbonyl (C=O) groups is 1. The molecule has 0 bridgehead atoms.